The SMILES string of the molecule is C1=Cc2oc3ccc(-c4nc(-c5ccccc5)nc(-c5ccc(C6(c7ccccc7)c7ccccc7C7(c8ccccc8)c8ccccc8-c8cccc6c87)cc5)n4)cc3c2CC1. The van der Waals surface area contributed by atoms with Crippen molar-refractivity contribution >= 4 is 17.0 Å². The van der Waals surface area contributed by atoms with Crippen molar-refractivity contribution in [3.05, 3.63) is 262 Å². The molecule has 3 aliphatic rings. The minimum Gasteiger partial charge on any atom is -0.456 e. The Hall–Kier alpha value is -7.95. The van der Waals surface area contributed by atoms with E-state index in [4.69, 9.17) is 19.4 Å². The van der Waals surface area contributed by atoms with Crippen LogP contribution in [0.1, 0.15) is 62.3 Å². The first-order valence-electron chi connectivity index (χ1n) is 21.8. The van der Waals surface area contributed by atoms with Gasteiger partial charge in [-0.2, -0.15) is 0 Å². The predicted molar refractivity (Wildman–Crippen MR) is 252 cm³/mol. The average molecular weight is 806 g/mol. The lowest BCUT2D eigenvalue weighted by Gasteiger charge is -2.49. The molecule has 0 aliphatic heterocycles. The second kappa shape index (κ2) is 13.8. The first-order chi connectivity index (χ1) is 31.2. The summed E-state index contributed by atoms with van der Waals surface area (Å²) < 4.78 is 6.23. The van der Waals surface area contributed by atoms with Crippen molar-refractivity contribution in [2.45, 2.75) is 23.7 Å². The number of aryl methyl sites for hydroxylation is 1. The summed E-state index contributed by atoms with van der Waals surface area (Å²) in [5.41, 5.74) is 16.6. The van der Waals surface area contributed by atoms with Crippen molar-refractivity contribution in [2.75, 3.05) is 0 Å². The molecule has 0 saturated heterocycles. The van der Waals surface area contributed by atoms with E-state index in [0.29, 0.717) is 17.5 Å². The van der Waals surface area contributed by atoms with Crippen molar-refractivity contribution in [3.8, 4) is 45.3 Å². The highest BCUT2D eigenvalue weighted by atomic mass is 16.3. The summed E-state index contributed by atoms with van der Waals surface area (Å²) in [7, 11) is 0. The Morgan fingerprint density at radius 3 is 1.65 bits per heavy atom. The van der Waals surface area contributed by atoms with Crippen molar-refractivity contribution in [1.82, 2.24) is 15.0 Å². The molecule has 63 heavy (non-hydrogen) atoms. The Morgan fingerprint density at radius 2 is 0.937 bits per heavy atom. The lowest BCUT2D eigenvalue weighted by atomic mass is 9.52. The highest BCUT2D eigenvalue weighted by Crippen LogP contribution is 2.65. The van der Waals surface area contributed by atoms with E-state index in [1.54, 1.807) is 0 Å². The molecule has 2 heterocycles. The smallest absolute Gasteiger partial charge is 0.164 e. The van der Waals surface area contributed by atoms with E-state index in [1.807, 2.05) is 24.3 Å². The number of benzene rings is 8. The molecule has 8 aromatic carbocycles. The summed E-state index contributed by atoms with van der Waals surface area (Å²) in [4.78, 5) is 15.5. The minimum atomic E-state index is -0.643. The first-order valence-corrected chi connectivity index (χ1v) is 21.8. The molecule has 2 aromatic heterocycles. The van der Waals surface area contributed by atoms with E-state index in [0.717, 1.165) is 46.3 Å². The van der Waals surface area contributed by atoms with Crippen LogP contribution in [0.15, 0.2) is 211 Å². The standard InChI is InChI=1S/C59H39N3O/c1-4-17-38(18-5-1)55-60-56(62-57(61-55)40-33-36-53-47(37-40)45-24-11-15-30-52(45)63-53)39-31-34-43(35-32-39)58(41-19-6-2-7-20-41)49-27-13-14-28-50(49)59(42-21-8-3-9-22-42)48-26-12-10-23-44(48)46-25-16-29-51(58)54(46)59/h1-10,12-23,25-37H,11,24H2. The molecule has 296 valence electrons. The maximum Gasteiger partial charge on any atom is 0.164 e. The van der Waals surface area contributed by atoms with Crippen molar-refractivity contribution in [3.63, 3.8) is 0 Å². The highest BCUT2D eigenvalue weighted by molar-refractivity contribution is 5.92. The van der Waals surface area contributed by atoms with Gasteiger partial charge in [-0.3, -0.25) is 0 Å². The lowest BCUT2D eigenvalue weighted by molar-refractivity contribution is 0.595. The van der Waals surface area contributed by atoms with Gasteiger partial charge in [0, 0.05) is 27.6 Å². The van der Waals surface area contributed by atoms with Gasteiger partial charge in [0.25, 0.3) is 0 Å². The first kappa shape index (κ1) is 35.8. The molecular formula is C59H39N3O. The number of nitrogens with zero attached hydrogens (tertiary/aromatic N) is 3. The van der Waals surface area contributed by atoms with Crippen LogP contribution in [0.25, 0.3) is 62.3 Å². The predicted octanol–water partition coefficient (Wildman–Crippen LogP) is 13.6. The van der Waals surface area contributed by atoms with Gasteiger partial charge in [-0.25, -0.2) is 15.0 Å². The molecule has 3 aliphatic carbocycles. The molecule has 13 rings (SSSR count). The van der Waals surface area contributed by atoms with Crippen LogP contribution < -0.4 is 0 Å². The van der Waals surface area contributed by atoms with Crippen LogP contribution in [0.2, 0.25) is 0 Å². The van der Waals surface area contributed by atoms with Crippen LogP contribution in [-0.4, -0.2) is 15.0 Å². The van der Waals surface area contributed by atoms with Crippen molar-refractivity contribution in [2.24, 2.45) is 0 Å². The van der Waals surface area contributed by atoms with Crippen LogP contribution >= 0.6 is 0 Å². The molecule has 0 bridgehead atoms. The molecule has 4 heteroatoms. The number of aromatic nitrogens is 3. The maximum atomic E-state index is 6.23. The average Bonchev–Trinajstić information content (AvgIpc) is 3.89. The van der Waals surface area contributed by atoms with Crippen LogP contribution in [-0.2, 0) is 17.3 Å². The third-order valence-electron chi connectivity index (χ3n) is 13.8. The molecule has 10 aromatic rings. The number of rotatable bonds is 6. The Bertz CT molecular complexity index is 3450. The molecule has 2 atom stereocenters. The number of hydrogen-bond acceptors (Lipinski definition) is 4. The summed E-state index contributed by atoms with van der Waals surface area (Å²) in [5, 5.41) is 1.12. The number of furan rings is 1. The summed E-state index contributed by atoms with van der Waals surface area (Å²) in [6, 6.07) is 72.9. The fourth-order valence-corrected chi connectivity index (χ4v) is 11.2. The van der Waals surface area contributed by atoms with Crippen LogP contribution in [0.3, 0.4) is 0 Å². The van der Waals surface area contributed by atoms with E-state index in [9.17, 15) is 0 Å². The molecule has 0 saturated carbocycles. The largest absolute Gasteiger partial charge is 0.456 e. The molecular weight excluding hydrogens is 767 g/mol. The quantitative estimate of drug-likeness (QED) is 0.168. The van der Waals surface area contributed by atoms with Gasteiger partial charge in [0.2, 0.25) is 0 Å². The zero-order valence-corrected chi connectivity index (χ0v) is 34.4. The number of allylic oxidation sites excluding steroid dienone is 1. The van der Waals surface area contributed by atoms with Crippen LogP contribution in [0.5, 0.6) is 0 Å². The summed E-state index contributed by atoms with van der Waals surface area (Å²) in [5.74, 6) is 2.83. The number of hydrogen-bond donors (Lipinski definition) is 0. The van der Waals surface area contributed by atoms with Gasteiger partial charge in [-0.05, 0) is 92.8 Å². The zero-order chi connectivity index (χ0) is 41.5. The number of fused-ring (bicyclic) bond motifs is 8. The third kappa shape index (κ3) is 5.06. The van der Waals surface area contributed by atoms with Crippen LogP contribution in [0, 0.1) is 0 Å². The molecule has 2 unspecified atom stereocenters. The Morgan fingerprint density at radius 1 is 0.413 bits per heavy atom. The van der Waals surface area contributed by atoms with E-state index in [2.05, 4.69) is 188 Å². The van der Waals surface area contributed by atoms with Gasteiger partial charge in [-0.1, -0.05) is 188 Å². The normalized spacial score (nSPS) is 17.8. The molecule has 0 spiro atoms. The summed E-state index contributed by atoms with van der Waals surface area (Å²) in [6.45, 7) is 0. The van der Waals surface area contributed by atoms with E-state index < -0.39 is 10.8 Å². The van der Waals surface area contributed by atoms with Gasteiger partial charge in [0.05, 0.1) is 10.8 Å². The third-order valence-corrected chi connectivity index (χ3v) is 13.8. The van der Waals surface area contributed by atoms with Gasteiger partial charge < -0.3 is 4.42 Å². The fraction of sp³-hybridized carbons (Fsp3) is 0.0678. The zero-order valence-electron chi connectivity index (χ0n) is 34.4. The van der Waals surface area contributed by atoms with Crippen LogP contribution in [0.4, 0.5) is 0 Å². The second-order valence-electron chi connectivity index (χ2n) is 16.9. The Labute approximate surface area is 366 Å². The van der Waals surface area contributed by atoms with E-state index in [-0.39, 0.29) is 0 Å². The molecule has 0 radical (unpaired) electrons. The lowest BCUT2D eigenvalue weighted by Crippen LogP contribution is -2.44. The molecule has 0 N–H and O–H groups in total. The molecule has 4 nitrogen and oxygen atoms in total. The van der Waals surface area contributed by atoms with E-state index >= 15 is 0 Å². The highest BCUT2D eigenvalue weighted by Gasteiger charge is 2.57. The Kier molecular flexibility index (Phi) is 7.83. The van der Waals surface area contributed by atoms with Gasteiger partial charge in [0.15, 0.2) is 17.5 Å². The van der Waals surface area contributed by atoms with E-state index in [1.165, 1.54) is 61.2 Å². The monoisotopic (exact) mass is 805 g/mol. The second-order valence-corrected chi connectivity index (χ2v) is 16.9. The van der Waals surface area contributed by atoms with Crippen molar-refractivity contribution in [1.29, 1.82) is 0 Å². The van der Waals surface area contributed by atoms with Crippen molar-refractivity contribution < 1.29 is 4.42 Å². The molecule has 0 fully saturated rings. The summed E-state index contributed by atoms with van der Waals surface area (Å²) in [6.07, 6.45) is 6.22. The van der Waals surface area contributed by atoms with Gasteiger partial charge in [-0.15, -0.1) is 0 Å². The minimum absolute atomic E-state index is 0.497. The fourth-order valence-electron chi connectivity index (χ4n) is 11.2. The summed E-state index contributed by atoms with van der Waals surface area (Å²) >= 11 is 0. The maximum absolute atomic E-state index is 6.23. The van der Waals surface area contributed by atoms with Gasteiger partial charge >= 0.3 is 0 Å². The Balaban J connectivity index is 1.03. The molecule has 0 amide bonds. The van der Waals surface area contributed by atoms with Gasteiger partial charge in [0.1, 0.15) is 11.3 Å². The topological polar surface area (TPSA) is 51.8 Å².